The Hall–Kier alpha value is -2.50. The van der Waals surface area contributed by atoms with Gasteiger partial charge in [-0.1, -0.05) is 6.07 Å². The molecule has 1 atom stereocenters. The van der Waals surface area contributed by atoms with E-state index in [0.717, 1.165) is 8.61 Å². The number of rotatable bonds is 5. The van der Waals surface area contributed by atoms with Gasteiger partial charge in [-0.3, -0.25) is 9.11 Å². The molecular formula is C19H20F3N3O4S. The van der Waals surface area contributed by atoms with E-state index in [-0.39, 0.29) is 47.9 Å². The highest BCUT2D eigenvalue weighted by Crippen LogP contribution is 2.62. The van der Waals surface area contributed by atoms with E-state index in [1.165, 1.54) is 37.4 Å². The first-order valence-electron chi connectivity index (χ1n) is 9.22. The monoisotopic (exact) mass is 443 g/mol. The summed E-state index contributed by atoms with van der Waals surface area (Å²) >= 11 is 0. The van der Waals surface area contributed by atoms with Crippen molar-refractivity contribution in [3.05, 3.63) is 41.7 Å². The van der Waals surface area contributed by atoms with Gasteiger partial charge in [0.1, 0.15) is 11.5 Å². The predicted octanol–water partition coefficient (Wildman–Crippen LogP) is 4.56. The molecule has 7 nitrogen and oxygen atoms in total. The second kappa shape index (κ2) is 7.03. The number of benzene rings is 1. The van der Waals surface area contributed by atoms with Gasteiger partial charge in [-0.15, -0.1) is 0 Å². The van der Waals surface area contributed by atoms with Gasteiger partial charge < -0.3 is 4.74 Å². The van der Waals surface area contributed by atoms with Crippen LogP contribution >= 0.6 is 11.0 Å². The molecular weight excluding hydrogens is 423 g/mol. The van der Waals surface area contributed by atoms with Crippen molar-refractivity contribution in [2.75, 3.05) is 28.8 Å². The Morgan fingerprint density at radius 1 is 1.33 bits per heavy atom. The first-order chi connectivity index (χ1) is 14.1. The fourth-order valence-corrected chi connectivity index (χ4v) is 4.82. The summed E-state index contributed by atoms with van der Waals surface area (Å²) in [7, 11) is -2.19. The molecule has 2 aliphatic rings. The maximum atomic E-state index is 14.9. The van der Waals surface area contributed by atoms with Crippen molar-refractivity contribution in [1.29, 1.82) is 0 Å². The van der Waals surface area contributed by atoms with E-state index in [1.54, 1.807) is 6.92 Å². The third-order valence-corrected chi connectivity index (χ3v) is 7.04. The fourth-order valence-electron chi connectivity index (χ4n) is 3.38. The minimum atomic E-state index is -3.57. The van der Waals surface area contributed by atoms with E-state index in [1.807, 2.05) is 0 Å². The minimum Gasteiger partial charge on any atom is -0.462 e. The van der Waals surface area contributed by atoms with Gasteiger partial charge >= 0.3 is 5.97 Å². The molecule has 0 radical (unpaired) electrons. The van der Waals surface area contributed by atoms with Crippen molar-refractivity contribution in [2.24, 2.45) is 5.92 Å². The second-order valence-corrected chi connectivity index (χ2v) is 9.11. The molecule has 1 unspecified atom stereocenters. The van der Waals surface area contributed by atoms with Crippen molar-refractivity contribution >= 4 is 28.4 Å². The Bertz CT molecular complexity index is 1020. The van der Waals surface area contributed by atoms with Crippen molar-refractivity contribution < 1.29 is 31.8 Å². The van der Waals surface area contributed by atoms with E-state index in [0.29, 0.717) is 0 Å². The molecule has 0 saturated heterocycles. The van der Waals surface area contributed by atoms with Crippen LogP contribution in [0.25, 0.3) is 11.3 Å². The highest BCUT2D eigenvalue weighted by Gasteiger charge is 2.59. The van der Waals surface area contributed by atoms with Crippen LogP contribution in [0.2, 0.25) is 0 Å². The van der Waals surface area contributed by atoms with Gasteiger partial charge in [-0.05, 0) is 42.2 Å². The zero-order chi connectivity index (χ0) is 21.8. The smallest absolute Gasteiger partial charge is 0.341 e. The quantitative estimate of drug-likeness (QED) is 0.656. The molecule has 0 amide bonds. The summed E-state index contributed by atoms with van der Waals surface area (Å²) in [6.45, 7) is 1.47. The maximum Gasteiger partial charge on any atom is 0.341 e. The highest BCUT2D eigenvalue weighted by molar-refractivity contribution is 8.26. The molecule has 1 fully saturated rings. The van der Waals surface area contributed by atoms with Crippen LogP contribution in [0.3, 0.4) is 0 Å². The van der Waals surface area contributed by atoms with Crippen LogP contribution in [0, 0.1) is 11.7 Å². The van der Waals surface area contributed by atoms with Gasteiger partial charge in [0.15, 0.2) is 5.82 Å². The number of hydrogen-bond acceptors (Lipinski definition) is 7. The van der Waals surface area contributed by atoms with Crippen LogP contribution in [0.1, 0.15) is 23.7 Å². The molecule has 1 aromatic heterocycles. The van der Waals surface area contributed by atoms with Gasteiger partial charge in [-0.25, -0.2) is 31.6 Å². The lowest BCUT2D eigenvalue weighted by molar-refractivity contribution is 0.0521. The zero-order valence-corrected chi connectivity index (χ0v) is 17.0. The van der Waals surface area contributed by atoms with Crippen molar-refractivity contribution in [1.82, 2.24) is 4.98 Å². The average molecular weight is 443 g/mol. The van der Waals surface area contributed by atoms with Crippen LogP contribution in [0.15, 0.2) is 30.3 Å². The van der Waals surface area contributed by atoms with E-state index in [4.69, 9.17) is 4.74 Å². The largest absolute Gasteiger partial charge is 0.462 e. The summed E-state index contributed by atoms with van der Waals surface area (Å²) in [4.78, 5) is 16.3. The maximum absolute atomic E-state index is 14.9. The summed E-state index contributed by atoms with van der Waals surface area (Å²) in [5, 5.41) is 0. The number of carbonyl (C=O) groups excluding carboxylic acids is 1. The van der Waals surface area contributed by atoms with Gasteiger partial charge in [0, 0.05) is 31.5 Å². The van der Waals surface area contributed by atoms with Crippen LogP contribution in [0.5, 0.6) is 0 Å². The Labute approximate surface area is 172 Å². The number of alkyl halides is 2. The van der Waals surface area contributed by atoms with Crippen LogP contribution in [-0.4, -0.2) is 46.2 Å². The summed E-state index contributed by atoms with van der Waals surface area (Å²) in [6, 6.07) is 7.14. The van der Waals surface area contributed by atoms with Gasteiger partial charge in [0.25, 0.3) is 5.92 Å². The van der Waals surface area contributed by atoms with Crippen molar-refractivity contribution in [2.45, 2.75) is 19.3 Å². The molecule has 0 bridgehead atoms. The normalized spacial score (nSPS) is 21.9. The molecule has 1 aromatic carbocycles. The van der Waals surface area contributed by atoms with E-state index < -0.39 is 34.6 Å². The summed E-state index contributed by atoms with van der Waals surface area (Å²) in [6.07, 6.45) is -0.310. The molecule has 162 valence electrons. The summed E-state index contributed by atoms with van der Waals surface area (Å²) in [5.41, 5.74) is 0.205. The van der Waals surface area contributed by atoms with Gasteiger partial charge in [-0.2, -0.15) is 0 Å². The lowest BCUT2D eigenvalue weighted by Gasteiger charge is -2.41. The number of carbonyl (C=O) groups is 1. The lowest BCUT2D eigenvalue weighted by atomic mass is 10.1. The van der Waals surface area contributed by atoms with Gasteiger partial charge in [0.2, 0.25) is 0 Å². The van der Waals surface area contributed by atoms with Crippen LogP contribution in [-0.2, 0) is 4.74 Å². The Morgan fingerprint density at radius 2 is 2.03 bits per heavy atom. The van der Waals surface area contributed by atoms with Crippen LogP contribution < -0.4 is 8.61 Å². The fraction of sp³-hybridized carbons (Fsp3) is 0.368. The third-order valence-electron chi connectivity index (χ3n) is 5.20. The SMILES string of the molecule is CCOC(=O)c1cccc(-c2ccc3c(n2)N(C)S(O)(O)N3CC2CC2(F)F)c1F. The van der Waals surface area contributed by atoms with E-state index in [2.05, 4.69) is 4.98 Å². The topological polar surface area (TPSA) is 86.1 Å². The Kier molecular flexibility index (Phi) is 4.87. The molecule has 2 heterocycles. The Balaban J connectivity index is 1.71. The highest BCUT2D eigenvalue weighted by atomic mass is 32.3. The van der Waals surface area contributed by atoms with Crippen LogP contribution in [0.4, 0.5) is 24.7 Å². The Morgan fingerprint density at radius 3 is 2.67 bits per heavy atom. The molecule has 1 aliphatic heterocycles. The molecule has 4 rings (SSSR count). The number of halogens is 3. The van der Waals surface area contributed by atoms with E-state index in [9.17, 15) is 27.1 Å². The predicted molar refractivity (Wildman–Crippen MR) is 107 cm³/mol. The molecule has 11 heteroatoms. The number of nitrogens with zero attached hydrogens (tertiary/aromatic N) is 3. The van der Waals surface area contributed by atoms with Gasteiger partial charge in [0.05, 0.1) is 17.9 Å². The molecule has 1 aliphatic carbocycles. The molecule has 2 aromatic rings. The van der Waals surface area contributed by atoms with Crippen molar-refractivity contribution in [3.63, 3.8) is 0 Å². The zero-order valence-electron chi connectivity index (χ0n) is 16.2. The standard InChI is InChI=1S/C19H20F3N3O4S/c1-3-29-18(26)13-6-4-5-12(16(13)20)14-7-8-15-17(23-14)24(2)30(27,28)25(15)10-11-9-19(11,21)22/h4-8,11,27-28H,3,9-10H2,1-2H3. The molecule has 30 heavy (non-hydrogen) atoms. The number of anilines is 2. The first-order valence-corrected chi connectivity index (χ1v) is 10.7. The summed E-state index contributed by atoms with van der Waals surface area (Å²) < 4.78 is 69.9. The average Bonchev–Trinajstić information content (AvgIpc) is 3.25. The van der Waals surface area contributed by atoms with Crippen molar-refractivity contribution in [3.8, 4) is 11.3 Å². The molecule has 0 spiro atoms. The lowest BCUT2D eigenvalue weighted by Crippen LogP contribution is -2.33. The number of ether oxygens (including phenoxy) is 1. The summed E-state index contributed by atoms with van der Waals surface area (Å²) in [5.74, 6) is -5.29. The number of pyridine rings is 1. The number of aromatic nitrogens is 1. The minimum absolute atomic E-state index is 0.0282. The van der Waals surface area contributed by atoms with E-state index >= 15 is 0 Å². The number of fused-ring (bicyclic) bond motifs is 1. The second-order valence-electron chi connectivity index (χ2n) is 7.14. The molecule has 2 N–H and O–H groups in total. The number of esters is 1. The third kappa shape index (κ3) is 3.26. The first kappa shape index (κ1) is 20.8. The molecule has 1 saturated carbocycles. The number of hydrogen-bond donors (Lipinski definition) is 2.